The molecule has 5 heteroatoms. The van der Waals surface area contributed by atoms with E-state index in [0.29, 0.717) is 13.1 Å². The molecule has 20 heavy (non-hydrogen) atoms. The van der Waals surface area contributed by atoms with Crippen LogP contribution in [-0.4, -0.2) is 23.5 Å². The zero-order chi connectivity index (χ0) is 14.5. The number of aromatic nitrogens is 1. The number of benzene rings is 1. The molecule has 0 aliphatic carbocycles. The molecular weight excluding hydrogens is 260 g/mol. The first-order valence-corrected chi connectivity index (χ1v) is 6.35. The summed E-state index contributed by atoms with van der Waals surface area (Å²) in [7, 11) is 1.87. The maximum Gasteiger partial charge on any atom is 0.128 e. The molecule has 3 nitrogen and oxygen atoms in total. The molecule has 1 heterocycles. The normalized spacial score (nSPS) is 12.7. The smallest absolute Gasteiger partial charge is 0.128 e. The van der Waals surface area contributed by atoms with Gasteiger partial charge in [-0.1, -0.05) is 6.07 Å². The molecule has 1 aromatic heterocycles. The predicted molar refractivity (Wildman–Crippen MR) is 73.9 cm³/mol. The maximum absolute atomic E-state index is 13.6. The van der Waals surface area contributed by atoms with Gasteiger partial charge in [-0.2, -0.15) is 0 Å². The molecule has 0 saturated heterocycles. The number of likely N-dealkylation sites (N-methyl/N-ethyl adjacent to an activating group) is 1. The monoisotopic (exact) mass is 277 g/mol. The zero-order valence-electron chi connectivity index (χ0n) is 11.3. The fraction of sp³-hybridized carbons (Fsp3) is 0.267. The molecular formula is C15H17F2N3. The van der Waals surface area contributed by atoms with Crippen LogP contribution in [0.4, 0.5) is 8.78 Å². The molecule has 1 atom stereocenters. The Bertz CT molecular complexity index is 560. The molecule has 0 radical (unpaired) electrons. The molecule has 0 spiro atoms. The van der Waals surface area contributed by atoms with Crippen molar-refractivity contribution in [2.45, 2.75) is 12.6 Å². The molecule has 2 rings (SSSR count). The van der Waals surface area contributed by atoms with E-state index in [2.05, 4.69) is 4.98 Å². The van der Waals surface area contributed by atoms with Crippen LogP contribution in [0.2, 0.25) is 0 Å². The first-order valence-electron chi connectivity index (χ1n) is 6.35. The van der Waals surface area contributed by atoms with Gasteiger partial charge in [0.05, 0.1) is 5.69 Å². The molecule has 1 aromatic carbocycles. The molecule has 0 bridgehead atoms. The van der Waals surface area contributed by atoms with Gasteiger partial charge in [-0.05, 0) is 37.4 Å². The second-order valence-electron chi connectivity index (χ2n) is 4.79. The highest BCUT2D eigenvalue weighted by Crippen LogP contribution is 2.17. The van der Waals surface area contributed by atoms with Crippen molar-refractivity contribution in [2.24, 2.45) is 5.73 Å². The number of pyridine rings is 1. The SMILES string of the molecule is CN(Cc1ccccn1)CC(N)c1cc(F)ccc1F. The van der Waals surface area contributed by atoms with Gasteiger partial charge >= 0.3 is 0 Å². The third-order valence-electron chi connectivity index (χ3n) is 3.02. The van der Waals surface area contributed by atoms with Gasteiger partial charge in [-0.15, -0.1) is 0 Å². The third kappa shape index (κ3) is 3.82. The van der Waals surface area contributed by atoms with Crippen molar-refractivity contribution < 1.29 is 8.78 Å². The van der Waals surface area contributed by atoms with E-state index in [1.165, 1.54) is 0 Å². The number of rotatable bonds is 5. The van der Waals surface area contributed by atoms with Crippen LogP contribution in [0.15, 0.2) is 42.6 Å². The Morgan fingerprint density at radius 1 is 1.25 bits per heavy atom. The molecule has 0 aliphatic rings. The van der Waals surface area contributed by atoms with Crippen molar-refractivity contribution in [3.05, 3.63) is 65.5 Å². The quantitative estimate of drug-likeness (QED) is 0.913. The van der Waals surface area contributed by atoms with Gasteiger partial charge in [0.15, 0.2) is 0 Å². The van der Waals surface area contributed by atoms with Gasteiger partial charge in [-0.25, -0.2) is 8.78 Å². The number of nitrogens with two attached hydrogens (primary N) is 1. The minimum Gasteiger partial charge on any atom is -0.323 e. The summed E-state index contributed by atoms with van der Waals surface area (Å²) < 4.78 is 26.8. The van der Waals surface area contributed by atoms with Crippen molar-refractivity contribution >= 4 is 0 Å². The highest BCUT2D eigenvalue weighted by molar-refractivity contribution is 5.22. The zero-order valence-corrected chi connectivity index (χ0v) is 11.3. The predicted octanol–water partition coefficient (Wildman–Crippen LogP) is 2.49. The van der Waals surface area contributed by atoms with Gasteiger partial charge in [0.1, 0.15) is 11.6 Å². The average Bonchev–Trinajstić information content (AvgIpc) is 2.42. The van der Waals surface area contributed by atoms with E-state index in [1.807, 2.05) is 30.1 Å². The standard InChI is InChI=1S/C15H17F2N3/c1-20(9-12-4-2-3-7-19-12)10-15(18)13-8-11(16)5-6-14(13)17/h2-8,15H,9-10,18H2,1H3. The van der Waals surface area contributed by atoms with Crippen LogP contribution < -0.4 is 5.73 Å². The highest BCUT2D eigenvalue weighted by Gasteiger charge is 2.15. The lowest BCUT2D eigenvalue weighted by Gasteiger charge is -2.21. The lowest BCUT2D eigenvalue weighted by Crippen LogP contribution is -2.29. The maximum atomic E-state index is 13.6. The Labute approximate surface area is 117 Å². The Hall–Kier alpha value is -1.85. The van der Waals surface area contributed by atoms with Crippen LogP contribution in [0.5, 0.6) is 0 Å². The van der Waals surface area contributed by atoms with Crippen molar-refractivity contribution in [2.75, 3.05) is 13.6 Å². The van der Waals surface area contributed by atoms with Crippen LogP contribution in [-0.2, 0) is 6.54 Å². The molecule has 0 saturated carbocycles. The Kier molecular flexibility index (Phi) is 4.76. The molecule has 2 aromatic rings. The van der Waals surface area contributed by atoms with Crippen LogP contribution >= 0.6 is 0 Å². The van der Waals surface area contributed by atoms with Gasteiger partial charge in [0.2, 0.25) is 0 Å². The molecule has 0 fully saturated rings. The number of nitrogens with zero attached hydrogens (tertiary/aromatic N) is 2. The third-order valence-corrected chi connectivity index (χ3v) is 3.02. The summed E-state index contributed by atoms with van der Waals surface area (Å²) >= 11 is 0. The van der Waals surface area contributed by atoms with E-state index in [-0.39, 0.29) is 5.56 Å². The number of hydrogen-bond donors (Lipinski definition) is 1. The molecule has 2 N–H and O–H groups in total. The van der Waals surface area contributed by atoms with Gasteiger partial charge in [0, 0.05) is 30.9 Å². The Morgan fingerprint density at radius 2 is 2.05 bits per heavy atom. The molecule has 1 unspecified atom stereocenters. The Morgan fingerprint density at radius 3 is 2.75 bits per heavy atom. The van der Waals surface area contributed by atoms with E-state index in [1.54, 1.807) is 6.20 Å². The number of halogens is 2. The average molecular weight is 277 g/mol. The highest BCUT2D eigenvalue weighted by atomic mass is 19.1. The minimum absolute atomic E-state index is 0.192. The van der Waals surface area contributed by atoms with E-state index < -0.39 is 17.7 Å². The van der Waals surface area contributed by atoms with Crippen molar-refractivity contribution in [1.82, 2.24) is 9.88 Å². The second-order valence-corrected chi connectivity index (χ2v) is 4.79. The summed E-state index contributed by atoms with van der Waals surface area (Å²) in [6.45, 7) is 1.02. The van der Waals surface area contributed by atoms with E-state index >= 15 is 0 Å². The Balaban J connectivity index is 2.00. The van der Waals surface area contributed by atoms with Crippen molar-refractivity contribution in [3.63, 3.8) is 0 Å². The van der Waals surface area contributed by atoms with Crippen LogP contribution in [0, 0.1) is 11.6 Å². The van der Waals surface area contributed by atoms with Gasteiger partial charge < -0.3 is 5.73 Å². The van der Waals surface area contributed by atoms with Crippen LogP contribution in [0.3, 0.4) is 0 Å². The molecule has 106 valence electrons. The summed E-state index contributed by atoms with van der Waals surface area (Å²) in [5, 5.41) is 0. The van der Waals surface area contributed by atoms with Gasteiger partial charge in [-0.3, -0.25) is 9.88 Å². The van der Waals surface area contributed by atoms with Crippen molar-refractivity contribution in [3.8, 4) is 0 Å². The summed E-state index contributed by atoms with van der Waals surface area (Å²) in [5.74, 6) is -0.964. The van der Waals surface area contributed by atoms with E-state index in [4.69, 9.17) is 5.73 Å². The van der Waals surface area contributed by atoms with Crippen LogP contribution in [0.25, 0.3) is 0 Å². The minimum atomic E-state index is -0.584. The molecule has 0 aliphatic heterocycles. The fourth-order valence-electron chi connectivity index (χ4n) is 2.07. The lowest BCUT2D eigenvalue weighted by molar-refractivity contribution is 0.299. The summed E-state index contributed by atoms with van der Waals surface area (Å²) in [6, 6.07) is 8.41. The summed E-state index contributed by atoms with van der Waals surface area (Å²) in [4.78, 5) is 6.14. The first kappa shape index (κ1) is 14.6. The lowest BCUT2D eigenvalue weighted by atomic mass is 10.1. The summed E-state index contributed by atoms with van der Waals surface area (Å²) in [6.07, 6.45) is 1.72. The topological polar surface area (TPSA) is 42.2 Å². The van der Waals surface area contributed by atoms with E-state index in [9.17, 15) is 8.78 Å². The molecule has 0 amide bonds. The van der Waals surface area contributed by atoms with Gasteiger partial charge in [0.25, 0.3) is 0 Å². The summed E-state index contributed by atoms with van der Waals surface area (Å²) in [5.41, 5.74) is 7.05. The van der Waals surface area contributed by atoms with E-state index in [0.717, 1.165) is 23.9 Å². The number of hydrogen-bond acceptors (Lipinski definition) is 3. The fourth-order valence-corrected chi connectivity index (χ4v) is 2.07. The van der Waals surface area contributed by atoms with Crippen molar-refractivity contribution in [1.29, 1.82) is 0 Å². The van der Waals surface area contributed by atoms with Crippen LogP contribution in [0.1, 0.15) is 17.3 Å². The first-order chi connectivity index (χ1) is 9.56. The second kappa shape index (κ2) is 6.54. The largest absolute Gasteiger partial charge is 0.323 e.